The molecule has 0 amide bonds. The summed E-state index contributed by atoms with van der Waals surface area (Å²) in [7, 11) is -4.27. The fourth-order valence-corrected chi connectivity index (χ4v) is 4.71. The number of Topliss-reactive ketones (excluding diaryl/α,β-unsaturated/α-hetero) is 1. The second-order valence-corrected chi connectivity index (χ2v) is 9.53. The molecule has 0 unspecified atom stereocenters. The van der Waals surface area contributed by atoms with E-state index < -0.39 is 26.0 Å². The first kappa shape index (κ1) is 21.7. The third kappa shape index (κ3) is 4.15. The first-order chi connectivity index (χ1) is 15.3. The van der Waals surface area contributed by atoms with E-state index in [1.807, 2.05) is 6.92 Å². The van der Waals surface area contributed by atoms with Gasteiger partial charge >= 0.3 is 0 Å². The lowest BCUT2D eigenvalue weighted by atomic mass is 10.1. The highest BCUT2D eigenvalue weighted by Gasteiger charge is 2.28. The lowest BCUT2D eigenvalue weighted by Crippen LogP contribution is -2.16. The number of ketones is 1. The Labute approximate surface area is 189 Å². The van der Waals surface area contributed by atoms with E-state index in [1.54, 1.807) is 48.5 Å². The van der Waals surface area contributed by atoms with Crippen molar-refractivity contribution < 1.29 is 17.6 Å². The molecule has 0 aliphatic carbocycles. The molecular formula is C25H17ClO5S. The summed E-state index contributed by atoms with van der Waals surface area (Å²) in [5, 5.41) is 0.641. The molecule has 32 heavy (non-hydrogen) atoms. The Morgan fingerprint density at radius 3 is 2.28 bits per heavy atom. The molecule has 4 aromatic rings. The number of allylic oxidation sites excluding steroid dienone is 1. The SMILES string of the molecule is Cc1ccc(C(=O)/C(=C\c2coc3ccccc3c2=O)S(=O)(=O)c2ccc(Cl)cc2)cc1. The molecule has 0 saturated carbocycles. The second-order valence-electron chi connectivity index (χ2n) is 7.18. The number of aryl methyl sites for hydroxylation is 1. The number of fused-ring (bicyclic) bond motifs is 1. The van der Waals surface area contributed by atoms with Gasteiger partial charge in [0.15, 0.2) is 5.43 Å². The zero-order valence-corrected chi connectivity index (χ0v) is 18.5. The summed E-state index contributed by atoms with van der Waals surface area (Å²) >= 11 is 5.89. The summed E-state index contributed by atoms with van der Waals surface area (Å²) in [6.07, 6.45) is 2.23. The fourth-order valence-electron chi connectivity index (χ4n) is 3.19. The predicted octanol–water partition coefficient (Wildman–Crippen LogP) is 5.45. The topological polar surface area (TPSA) is 81.4 Å². The van der Waals surface area contributed by atoms with E-state index in [9.17, 15) is 18.0 Å². The first-order valence-corrected chi connectivity index (χ1v) is 11.5. The molecule has 0 aliphatic heterocycles. The molecule has 5 nitrogen and oxygen atoms in total. The number of hydrogen-bond donors (Lipinski definition) is 0. The van der Waals surface area contributed by atoms with Crippen LogP contribution in [0.5, 0.6) is 0 Å². The number of carbonyl (C=O) groups excluding carboxylic acids is 1. The summed E-state index contributed by atoms with van der Waals surface area (Å²) in [5.74, 6) is -0.729. The van der Waals surface area contributed by atoms with Crippen LogP contribution in [-0.2, 0) is 9.84 Å². The Morgan fingerprint density at radius 2 is 1.59 bits per heavy atom. The van der Waals surface area contributed by atoms with Crippen molar-refractivity contribution in [2.24, 2.45) is 0 Å². The Balaban J connectivity index is 1.94. The molecule has 3 aromatic carbocycles. The van der Waals surface area contributed by atoms with Crippen LogP contribution in [-0.4, -0.2) is 14.2 Å². The summed E-state index contributed by atoms with van der Waals surface area (Å²) in [6, 6.07) is 18.6. The quantitative estimate of drug-likeness (QED) is 0.289. The molecule has 160 valence electrons. The highest BCUT2D eigenvalue weighted by Crippen LogP contribution is 2.26. The van der Waals surface area contributed by atoms with Crippen LogP contribution in [0.25, 0.3) is 17.0 Å². The van der Waals surface area contributed by atoms with Crippen LogP contribution in [0.15, 0.2) is 98.1 Å². The zero-order chi connectivity index (χ0) is 22.9. The van der Waals surface area contributed by atoms with E-state index in [2.05, 4.69) is 0 Å². The molecule has 1 heterocycles. The maximum absolute atomic E-state index is 13.4. The number of sulfone groups is 1. The zero-order valence-electron chi connectivity index (χ0n) is 16.9. The smallest absolute Gasteiger partial charge is 0.210 e. The summed E-state index contributed by atoms with van der Waals surface area (Å²) in [5.41, 5.74) is 0.984. The van der Waals surface area contributed by atoms with Gasteiger partial charge in [0.2, 0.25) is 15.6 Å². The first-order valence-electron chi connectivity index (χ1n) is 9.61. The molecule has 0 atom stereocenters. The number of benzene rings is 3. The van der Waals surface area contributed by atoms with Crippen LogP contribution >= 0.6 is 11.6 Å². The van der Waals surface area contributed by atoms with Gasteiger partial charge in [-0.15, -0.1) is 0 Å². The van der Waals surface area contributed by atoms with E-state index in [0.29, 0.717) is 10.6 Å². The third-order valence-corrected chi connectivity index (χ3v) is 6.97. The highest BCUT2D eigenvalue weighted by atomic mass is 35.5. The van der Waals surface area contributed by atoms with Crippen LogP contribution in [0.1, 0.15) is 21.5 Å². The molecule has 1 aromatic heterocycles. The summed E-state index contributed by atoms with van der Waals surface area (Å²) < 4.78 is 32.4. The molecule has 0 spiro atoms. The van der Waals surface area contributed by atoms with Gasteiger partial charge in [-0.05, 0) is 49.4 Å². The van der Waals surface area contributed by atoms with E-state index in [-0.39, 0.29) is 21.4 Å². The molecule has 7 heteroatoms. The molecule has 0 aliphatic rings. The Kier molecular flexibility index (Phi) is 5.82. The average Bonchev–Trinajstić information content (AvgIpc) is 2.79. The monoisotopic (exact) mass is 464 g/mol. The van der Waals surface area contributed by atoms with Crippen molar-refractivity contribution in [2.45, 2.75) is 11.8 Å². The Bertz CT molecular complexity index is 1510. The summed E-state index contributed by atoms with van der Waals surface area (Å²) in [4.78, 5) is 25.6. The van der Waals surface area contributed by atoms with Crippen LogP contribution in [0.4, 0.5) is 0 Å². The van der Waals surface area contributed by atoms with Gasteiger partial charge in [-0.1, -0.05) is 53.6 Å². The molecular weight excluding hydrogens is 448 g/mol. The van der Waals surface area contributed by atoms with Crippen molar-refractivity contribution in [3.63, 3.8) is 0 Å². The molecule has 0 saturated heterocycles. The fraction of sp³-hybridized carbons (Fsp3) is 0.0400. The Hall–Kier alpha value is -3.48. The molecule has 0 bridgehead atoms. The molecule has 0 radical (unpaired) electrons. The minimum absolute atomic E-state index is 0.0447. The average molecular weight is 465 g/mol. The highest BCUT2D eigenvalue weighted by molar-refractivity contribution is 7.96. The van der Waals surface area contributed by atoms with Crippen molar-refractivity contribution in [1.82, 2.24) is 0 Å². The van der Waals surface area contributed by atoms with Gasteiger partial charge < -0.3 is 4.42 Å². The minimum Gasteiger partial charge on any atom is -0.463 e. The predicted molar refractivity (Wildman–Crippen MR) is 125 cm³/mol. The van der Waals surface area contributed by atoms with Gasteiger partial charge in [0, 0.05) is 10.6 Å². The molecule has 0 fully saturated rings. The van der Waals surface area contributed by atoms with Crippen molar-refractivity contribution in [2.75, 3.05) is 0 Å². The van der Waals surface area contributed by atoms with Gasteiger partial charge in [0.25, 0.3) is 0 Å². The van der Waals surface area contributed by atoms with Crippen molar-refractivity contribution >= 4 is 44.3 Å². The van der Waals surface area contributed by atoms with Crippen LogP contribution in [0.3, 0.4) is 0 Å². The van der Waals surface area contributed by atoms with Crippen molar-refractivity contribution in [3.05, 3.63) is 116 Å². The van der Waals surface area contributed by atoms with Crippen LogP contribution in [0.2, 0.25) is 5.02 Å². The molecule has 0 N–H and O–H groups in total. The van der Waals surface area contributed by atoms with Gasteiger partial charge in [0.05, 0.1) is 15.8 Å². The van der Waals surface area contributed by atoms with Gasteiger partial charge in [-0.3, -0.25) is 9.59 Å². The van der Waals surface area contributed by atoms with E-state index in [1.165, 1.54) is 24.3 Å². The standard InChI is InChI=1S/C25H17ClO5S/c1-16-6-8-17(9-7-16)25(28)23(32(29,30)20-12-10-19(26)11-13-20)14-18-15-31-22-5-3-2-4-21(22)24(18)27/h2-15H,1H3/b23-14+. The van der Waals surface area contributed by atoms with Crippen molar-refractivity contribution in [1.29, 1.82) is 0 Å². The van der Waals surface area contributed by atoms with Crippen LogP contribution < -0.4 is 5.43 Å². The van der Waals surface area contributed by atoms with Gasteiger partial charge in [-0.25, -0.2) is 8.42 Å². The second kappa shape index (κ2) is 8.57. The number of halogens is 1. The van der Waals surface area contributed by atoms with Gasteiger partial charge in [0.1, 0.15) is 16.8 Å². The number of hydrogen-bond acceptors (Lipinski definition) is 5. The third-order valence-electron chi connectivity index (χ3n) is 4.94. The summed E-state index contributed by atoms with van der Waals surface area (Å²) in [6.45, 7) is 1.86. The normalized spacial score (nSPS) is 12.1. The van der Waals surface area contributed by atoms with Crippen molar-refractivity contribution in [3.8, 4) is 0 Å². The Morgan fingerprint density at radius 1 is 0.938 bits per heavy atom. The lowest BCUT2D eigenvalue weighted by molar-refractivity contribution is 0.104. The maximum atomic E-state index is 13.4. The molecule has 4 rings (SSSR count). The number of rotatable bonds is 5. The minimum atomic E-state index is -4.27. The van der Waals surface area contributed by atoms with E-state index >= 15 is 0 Å². The maximum Gasteiger partial charge on any atom is 0.210 e. The lowest BCUT2D eigenvalue weighted by Gasteiger charge is -2.10. The van der Waals surface area contributed by atoms with E-state index in [4.69, 9.17) is 16.0 Å². The van der Waals surface area contributed by atoms with E-state index in [0.717, 1.165) is 17.9 Å². The number of para-hydroxylation sites is 1. The van der Waals surface area contributed by atoms with Crippen LogP contribution in [0, 0.1) is 6.92 Å². The number of carbonyl (C=O) groups is 1. The van der Waals surface area contributed by atoms with Gasteiger partial charge in [-0.2, -0.15) is 0 Å². The largest absolute Gasteiger partial charge is 0.463 e.